The van der Waals surface area contributed by atoms with Crippen molar-refractivity contribution < 1.29 is 13.9 Å². The Kier molecular flexibility index (Phi) is 5.48. The number of benzene rings is 1. The third-order valence-electron chi connectivity index (χ3n) is 5.49. The van der Waals surface area contributed by atoms with Crippen LogP contribution in [0.25, 0.3) is 0 Å². The van der Waals surface area contributed by atoms with Gasteiger partial charge in [0, 0.05) is 6.04 Å². The Morgan fingerprint density at radius 2 is 1.81 bits per heavy atom. The number of carbonyl (C=O) groups is 1. The second-order valence-corrected chi connectivity index (χ2v) is 7.43. The van der Waals surface area contributed by atoms with Gasteiger partial charge in [-0.05, 0) is 30.5 Å². The Hall–Kier alpha value is -2.28. The largest absolute Gasteiger partial charge is 0.365 e. The smallest absolute Gasteiger partial charge is 0.274 e. The summed E-state index contributed by atoms with van der Waals surface area (Å²) in [5.41, 5.74) is 1.95. The van der Waals surface area contributed by atoms with Crippen molar-refractivity contribution >= 4 is 5.91 Å². The molecule has 1 fully saturated rings. The van der Waals surface area contributed by atoms with Crippen LogP contribution in [0.3, 0.4) is 0 Å². The lowest BCUT2D eigenvalue weighted by molar-refractivity contribution is -0.00181. The number of aromatic nitrogens is 3. The van der Waals surface area contributed by atoms with Crippen molar-refractivity contribution in [2.45, 2.75) is 70.2 Å². The standard InChI is InChI=1S/C20H25FN4O2/c21-15-10-8-14(9-11-15)18-12-25-17(13-27-18)19(23-24-25)20(26)22-16-6-4-2-1-3-5-7-16/h8-11,16,18H,1-7,12-13H2,(H,22,26)/t18-/m1/s1. The van der Waals surface area contributed by atoms with E-state index < -0.39 is 0 Å². The fourth-order valence-electron chi connectivity index (χ4n) is 3.92. The zero-order chi connectivity index (χ0) is 18.6. The zero-order valence-corrected chi connectivity index (χ0v) is 15.4. The lowest BCUT2D eigenvalue weighted by atomic mass is 9.96. The van der Waals surface area contributed by atoms with Crippen LogP contribution in [0.15, 0.2) is 24.3 Å². The van der Waals surface area contributed by atoms with E-state index in [0.29, 0.717) is 17.9 Å². The van der Waals surface area contributed by atoms with E-state index in [1.807, 2.05) is 0 Å². The monoisotopic (exact) mass is 372 g/mol. The molecule has 1 aliphatic carbocycles. The van der Waals surface area contributed by atoms with Crippen LogP contribution in [0.1, 0.15) is 72.8 Å². The molecule has 1 aliphatic heterocycles. The maximum Gasteiger partial charge on any atom is 0.274 e. The summed E-state index contributed by atoms with van der Waals surface area (Å²) in [5.74, 6) is -0.435. The topological polar surface area (TPSA) is 69.0 Å². The first kappa shape index (κ1) is 18.1. The van der Waals surface area contributed by atoms with Crippen LogP contribution in [-0.2, 0) is 17.9 Å². The molecule has 1 aromatic carbocycles. The molecule has 0 unspecified atom stereocenters. The van der Waals surface area contributed by atoms with E-state index in [2.05, 4.69) is 15.6 Å². The van der Waals surface area contributed by atoms with Crippen molar-refractivity contribution in [2.24, 2.45) is 0 Å². The molecule has 0 spiro atoms. The van der Waals surface area contributed by atoms with Crippen molar-refractivity contribution in [1.29, 1.82) is 0 Å². The Balaban J connectivity index is 1.43. The van der Waals surface area contributed by atoms with Crippen molar-refractivity contribution in [3.8, 4) is 0 Å². The van der Waals surface area contributed by atoms with Gasteiger partial charge in [-0.25, -0.2) is 9.07 Å². The number of carbonyl (C=O) groups excluding carboxylic acids is 1. The number of amides is 1. The van der Waals surface area contributed by atoms with Crippen LogP contribution in [0, 0.1) is 5.82 Å². The molecule has 1 N–H and O–H groups in total. The molecular weight excluding hydrogens is 347 g/mol. The van der Waals surface area contributed by atoms with Gasteiger partial charge < -0.3 is 10.1 Å². The lowest BCUT2D eigenvalue weighted by Gasteiger charge is -2.25. The minimum Gasteiger partial charge on any atom is -0.365 e. The van der Waals surface area contributed by atoms with Crippen LogP contribution in [0.5, 0.6) is 0 Å². The molecule has 144 valence electrons. The summed E-state index contributed by atoms with van der Waals surface area (Å²) in [5, 5.41) is 11.4. The number of fused-ring (bicyclic) bond motifs is 1. The molecule has 0 saturated heterocycles. The highest BCUT2D eigenvalue weighted by Gasteiger charge is 2.28. The number of hydrogen-bond donors (Lipinski definition) is 1. The fraction of sp³-hybridized carbons (Fsp3) is 0.550. The summed E-state index contributed by atoms with van der Waals surface area (Å²) in [6, 6.07) is 6.48. The van der Waals surface area contributed by atoms with E-state index in [0.717, 1.165) is 31.2 Å². The summed E-state index contributed by atoms with van der Waals surface area (Å²) in [6.45, 7) is 0.729. The highest BCUT2D eigenvalue weighted by atomic mass is 19.1. The third kappa shape index (κ3) is 4.18. The van der Waals surface area contributed by atoms with E-state index in [9.17, 15) is 9.18 Å². The summed E-state index contributed by atoms with van der Waals surface area (Å²) >= 11 is 0. The van der Waals surface area contributed by atoms with Crippen LogP contribution < -0.4 is 5.32 Å². The normalized spacial score (nSPS) is 21.1. The Bertz CT molecular complexity index is 782. The van der Waals surface area contributed by atoms with Gasteiger partial charge in [0.2, 0.25) is 0 Å². The molecule has 0 radical (unpaired) electrons. The fourth-order valence-corrected chi connectivity index (χ4v) is 3.92. The second-order valence-electron chi connectivity index (χ2n) is 7.43. The van der Waals surface area contributed by atoms with E-state index in [-0.39, 0.29) is 30.5 Å². The Morgan fingerprint density at radius 1 is 1.11 bits per heavy atom. The van der Waals surface area contributed by atoms with Gasteiger partial charge in [0.25, 0.3) is 5.91 Å². The molecule has 1 saturated carbocycles. The van der Waals surface area contributed by atoms with Gasteiger partial charge in [-0.1, -0.05) is 49.5 Å². The molecule has 2 heterocycles. The molecule has 6 nitrogen and oxygen atoms in total. The first-order valence-electron chi connectivity index (χ1n) is 9.81. The number of halogens is 1. The lowest BCUT2D eigenvalue weighted by Crippen LogP contribution is -2.36. The summed E-state index contributed by atoms with van der Waals surface area (Å²) < 4.78 is 20.7. The van der Waals surface area contributed by atoms with E-state index in [4.69, 9.17) is 4.74 Å². The Morgan fingerprint density at radius 3 is 2.56 bits per heavy atom. The summed E-state index contributed by atoms with van der Waals surface area (Å²) in [4.78, 5) is 12.7. The number of ether oxygens (including phenoxy) is 1. The zero-order valence-electron chi connectivity index (χ0n) is 15.4. The second kappa shape index (κ2) is 8.17. The number of nitrogens with zero attached hydrogens (tertiary/aromatic N) is 3. The molecular formula is C20H25FN4O2. The van der Waals surface area contributed by atoms with Crippen molar-refractivity contribution in [3.63, 3.8) is 0 Å². The first-order valence-corrected chi connectivity index (χ1v) is 9.81. The number of hydrogen-bond acceptors (Lipinski definition) is 4. The minimum atomic E-state index is -0.274. The minimum absolute atomic E-state index is 0.161. The molecule has 4 rings (SSSR count). The molecule has 2 aliphatic rings. The van der Waals surface area contributed by atoms with Crippen molar-refractivity contribution in [3.05, 3.63) is 47.0 Å². The molecule has 27 heavy (non-hydrogen) atoms. The van der Waals surface area contributed by atoms with Gasteiger partial charge in [0.15, 0.2) is 5.69 Å². The number of rotatable bonds is 3. The van der Waals surface area contributed by atoms with Crippen molar-refractivity contribution in [2.75, 3.05) is 0 Å². The molecule has 2 aromatic rings. The highest BCUT2D eigenvalue weighted by Crippen LogP contribution is 2.27. The SMILES string of the molecule is O=C(NC1CCCCCCC1)c1nnn2c1CO[C@@H](c1ccc(F)cc1)C2. The molecule has 1 aromatic heterocycles. The van der Waals surface area contributed by atoms with E-state index in [1.165, 1.54) is 31.4 Å². The summed E-state index contributed by atoms with van der Waals surface area (Å²) in [7, 11) is 0. The predicted molar refractivity (Wildman–Crippen MR) is 97.5 cm³/mol. The first-order chi connectivity index (χ1) is 13.2. The molecule has 1 atom stereocenters. The van der Waals surface area contributed by atoms with E-state index in [1.54, 1.807) is 16.8 Å². The van der Waals surface area contributed by atoms with Gasteiger partial charge in [0.1, 0.15) is 11.9 Å². The predicted octanol–water partition coefficient (Wildman–Crippen LogP) is 3.53. The van der Waals surface area contributed by atoms with Gasteiger partial charge in [-0.2, -0.15) is 0 Å². The van der Waals surface area contributed by atoms with Gasteiger partial charge in [0.05, 0.1) is 18.8 Å². The van der Waals surface area contributed by atoms with Crippen LogP contribution in [0.2, 0.25) is 0 Å². The van der Waals surface area contributed by atoms with Crippen molar-refractivity contribution in [1.82, 2.24) is 20.3 Å². The van der Waals surface area contributed by atoms with E-state index >= 15 is 0 Å². The average Bonchev–Trinajstić information content (AvgIpc) is 3.07. The maximum absolute atomic E-state index is 13.1. The van der Waals surface area contributed by atoms with Gasteiger partial charge in [-0.3, -0.25) is 4.79 Å². The molecule has 0 bridgehead atoms. The molecule has 1 amide bonds. The highest BCUT2D eigenvalue weighted by molar-refractivity contribution is 5.93. The maximum atomic E-state index is 13.1. The average molecular weight is 372 g/mol. The van der Waals surface area contributed by atoms with Gasteiger partial charge in [-0.15, -0.1) is 5.10 Å². The van der Waals surface area contributed by atoms with Crippen LogP contribution in [0.4, 0.5) is 4.39 Å². The number of nitrogens with one attached hydrogen (secondary N) is 1. The van der Waals surface area contributed by atoms with Crippen LogP contribution in [-0.4, -0.2) is 26.9 Å². The quantitative estimate of drug-likeness (QED) is 0.895. The third-order valence-corrected chi connectivity index (χ3v) is 5.49. The Labute approximate surface area is 158 Å². The molecule has 7 heteroatoms. The summed E-state index contributed by atoms with van der Waals surface area (Å²) in [6.07, 6.45) is 7.93. The van der Waals surface area contributed by atoms with Crippen LogP contribution >= 0.6 is 0 Å². The van der Waals surface area contributed by atoms with Gasteiger partial charge >= 0.3 is 0 Å².